The molecule has 1 fully saturated rings. The summed E-state index contributed by atoms with van der Waals surface area (Å²) in [6.07, 6.45) is 7.18. The molecule has 0 bridgehead atoms. The largest absolute Gasteiger partial charge is 0.479 e. The monoisotopic (exact) mass is 278 g/mol. The molecule has 1 aromatic heterocycles. The number of methoxy groups -OCH3 is 1. The molecule has 0 spiro atoms. The van der Waals surface area contributed by atoms with E-state index in [9.17, 15) is 0 Å². The van der Waals surface area contributed by atoms with E-state index in [1.54, 1.807) is 7.11 Å². The Labute approximate surface area is 121 Å². The van der Waals surface area contributed by atoms with Crippen LogP contribution in [-0.4, -0.2) is 23.1 Å². The first kappa shape index (κ1) is 14.9. The summed E-state index contributed by atoms with van der Waals surface area (Å²) in [6, 6.07) is 0.330. The first-order chi connectivity index (χ1) is 9.65. The lowest BCUT2D eigenvalue weighted by Crippen LogP contribution is -2.19. The molecule has 1 heterocycles. The van der Waals surface area contributed by atoms with E-state index in [0.717, 1.165) is 25.1 Å². The van der Waals surface area contributed by atoms with Gasteiger partial charge in [0.1, 0.15) is 11.5 Å². The van der Waals surface area contributed by atoms with Crippen molar-refractivity contribution in [1.82, 2.24) is 9.97 Å². The van der Waals surface area contributed by atoms with Crippen LogP contribution in [-0.2, 0) is 0 Å². The number of nitrogens with zero attached hydrogens (tertiary/aromatic N) is 2. The molecular formula is C15H26N4O. The third-order valence-corrected chi connectivity index (χ3v) is 4.09. The third-order valence-electron chi connectivity index (χ3n) is 4.09. The molecule has 0 aromatic carbocycles. The second kappa shape index (κ2) is 6.77. The number of nitrogens with one attached hydrogen (secondary N) is 1. The van der Waals surface area contributed by atoms with Crippen molar-refractivity contribution in [2.45, 2.75) is 64.3 Å². The highest BCUT2D eigenvalue weighted by Crippen LogP contribution is 2.35. The number of hydrogen-bond acceptors (Lipinski definition) is 5. The van der Waals surface area contributed by atoms with Crippen molar-refractivity contribution in [2.24, 2.45) is 0 Å². The molecule has 1 aromatic rings. The van der Waals surface area contributed by atoms with Crippen molar-refractivity contribution in [3.63, 3.8) is 0 Å². The van der Waals surface area contributed by atoms with E-state index in [0.29, 0.717) is 29.3 Å². The third kappa shape index (κ3) is 3.32. The fourth-order valence-corrected chi connectivity index (χ4v) is 2.61. The summed E-state index contributed by atoms with van der Waals surface area (Å²) in [5, 5.41) is 3.36. The van der Waals surface area contributed by atoms with Gasteiger partial charge in [-0.1, -0.05) is 26.2 Å². The summed E-state index contributed by atoms with van der Waals surface area (Å²) in [7, 11) is 1.61. The van der Waals surface area contributed by atoms with Crippen LogP contribution in [0.15, 0.2) is 0 Å². The lowest BCUT2D eigenvalue weighted by molar-refractivity contribution is 0.385. The van der Waals surface area contributed by atoms with Crippen LogP contribution in [0.4, 0.5) is 11.5 Å². The normalized spacial score (nSPS) is 17.8. The number of ether oxygens (including phenoxy) is 1. The second-order valence-electron chi connectivity index (χ2n) is 5.64. The minimum Gasteiger partial charge on any atom is -0.479 e. The molecule has 5 heteroatoms. The van der Waals surface area contributed by atoms with E-state index in [1.165, 1.54) is 19.3 Å². The van der Waals surface area contributed by atoms with Gasteiger partial charge in [0, 0.05) is 12.0 Å². The molecule has 2 rings (SSSR count). The Hall–Kier alpha value is -1.52. The van der Waals surface area contributed by atoms with Gasteiger partial charge in [-0.15, -0.1) is 0 Å². The van der Waals surface area contributed by atoms with Crippen LogP contribution in [0.5, 0.6) is 5.88 Å². The quantitative estimate of drug-likeness (QED) is 0.864. The van der Waals surface area contributed by atoms with Gasteiger partial charge in [0.15, 0.2) is 5.82 Å². The minimum atomic E-state index is 0.330. The molecule has 5 nitrogen and oxygen atoms in total. The highest BCUT2D eigenvalue weighted by atomic mass is 16.5. The van der Waals surface area contributed by atoms with Crippen LogP contribution in [0.3, 0.4) is 0 Å². The van der Waals surface area contributed by atoms with E-state index < -0.39 is 0 Å². The van der Waals surface area contributed by atoms with Crippen LogP contribution in [0, 0.1) is 0 Å². The Balaban J connectivity index is 2.29. The number of hydrogen-bond donors (Lipinski definition) is 2. The van der Waals surface area contributed by atoms with Gasteiger partial charge in [-0.2, -0.15) is 4.98 Å². The summed E-state index contributed by atoms with van der Waals surface area (Å²) in [5.41, 5.74) is 6.59. The Morgan fingerprint density at radius 1 is 1.30 bits per heavy atom. The maximum absolute atomic E-state index is 6.08. The average Bonchev–Trinajstić information content (AvgIpc) is 2.50. The number of rotatable bonds is 5. The van der Waals surface area contributed by atoms with Crippen molar-refractivity contribution < 1.29 is 4.74 Å². The lowest BCUT2D eigenvalue weighted by atomic mass is 9.88. The Morgan fingerprint density at radius 3 is 2.60 bits per heavy atom. The summed E-state index contributed by atoms with van der Waals surface area (Å²) >= 11 is 0. The number of aromatic nitrogens is 2. The molecule has 1 aliphatic carbocycles. The molecule has 112 valence electrons. The number of anilines is 2. The van der Waals surface area contributed by atoms with Crippen molar-refractivity contribution in [3.05, 3.63) is 5.82 Å². The lowest BCUT2D eigenvalue weighted by Gasteiger charge is -2.22. The van der Waals surface area contributed by atoms with Crippen molar-refractivity contribution >= 4 is 11.5 Å². The van der Waals surface area contributed by atoms with Crippen LogP contribution in [0.2, 0.25) is 0 Å². The molecule has 1 atom stereocenters. The maximum atomic E-state index is 6.08. The predicted molar refractivity (Wildman–Crippen MR) is 82.2 cm³/mol. The van der Waals surface area contributed by atoms with Gasteiger partial charge in [0.25, 0.3) is 0 Å². The van der Waals surface area contributed by atoms with Crippen molar-refractivity contribution in [3.8, 4) is 5.88 Å². The van der Waals surface area contributed by atoms with Gasteiger partial charge in [-0.05, 0) is 26.2 Å². The van der Waals surface area contributed by atoms with Gasteiger partial charge in [-0.3, -0.25) is 0 Å². The molecule has 1 unspecified atom stereocenters. The smallest absolute Gasteiger partial charge is 0.242 e. The Morgan fingerprint density at radius 2 is 2.00 bits per heavy atom. The minimum absolute atomic E-state index is 0.330. The zero-order chi connectivity index (χ0) is 14.5. The van der Waals surface area contributed by atoms with Crippen LogP contribution >= 0.6 is 0 Å². The van der Waals surface area contributed by atoms with E-state index in [2.05, 4.69) is 29.1 Å². The molecule has 0 radical (unpaired) electrons. The maximum Gasteiger partial charge on any atom is 0.242 e. The molecule has 3 N–H and O–H groups in total. The molecular weight excluding hydrogens is 252 g/mol. The van der Waals surface area contributed by atoms with Crippen molar-refractivity contribution in [1.29, 1.82) is 0 Å². The summed E-state index contributed by atoms with van der Waals surface area (Å²) in [6.45, 7) is 4.25. The highest BCUT2D eigenvalue weighted by molar-refractivity contribution is 5.67. The Kier molecular flexibility index (Phi) is 5.04. The standard InChI is InChI=1S/C15H26N4O/c1-4-10(2)17-14-12(16)15(20-3)19-13(18-14)11-8-6-5-7-9-11/h10-11H,4-9,16H2,1-3H3,(H,17,18,19). The fourth-order valence-electron chi connectivity index (χ4n) is 2.61. The summed E-state index contributed by atoms with van der Waals surface area (Å²) < 4.78 is 5.32. The van der Waals surface area contributed by atoms with Gasteiger partial charge in [-0.25, -0.2) is 4.98 Å². The first-order valence-corrected chi connectivity index (χ1v) is 7.63. The van der Waals surface area contributed by atoms with Gasteiger partial charge < -0.3 is 15.8 Å². The zero-order valence-corrected chi connectivity index (χ0v) is 12.8. The average molecular weight is 278 g/mol. The van der Waals surface area contributed by atoms with Gasteiger partial charge in [0.2, 0.25) is 5.88 Å². The molecule has 20 heavy (non-hydrogen) atoms. The molecule has 0 aliphatic heterocycles. The number of nitrogens with two attached hydrogens (primary N) is 1. The topological polar surface area (TPSA) is 73.1 Å². The highest BCUT2D eigenvalue weighted by Gasteiger charge is 2.22. The molecule has 1 aliphatic rings. The summed E-state index contributed by atoms with van der Waals surface area (Å²) in [5.74, 6) is 2.52. The Bertz CT molecular complexity index is 444. The fraction of sp³-hybridized carbons (Fsp3) is 0.733. The molecule has 0 amide bonds. The van der Waals surface area contributed by atoms with Gasteiger partial charge >= 0.3 is 0 Å². The summed E-state index contributed by atoms with van der Waals surface area (Å²) in [4.78, 5) is 9.18. The van der Waals surface area contributed by atoms with E-state index in [4.69, 9.17) is 10.5 Å². The van der Waals surface area contributed by atoms with Crippen LogP contribution < -0.4 is 15.8 Å². The van der Waals surface area contributed by atoms with Gasteiger partial charge in [0.05, 0.1) is 7.11 Å². The van der Waals surface area contributed by atoms with E-state index in [-0.39, 0.29) is 0 Å². The van der Waals surface area contributed by atoms with E-state index >= 15 is 0 Å². The second-order valence-corrected chi connectivity index (χ2v) is 5.64. The van der Waals surface area contributed by atoms with Crippen LogP contribution in [0.25, 0.3) is 0 Å². The molecule has 1 saturated carbocycles. The molecule has 0 saturated heterocycles. The van der Waals surface area contributed by atoms with Crippen LogP contribution in [0.1, 0.15) is 64.1 Å². The van der Waals surface area contributed by atoms with E-state index in [1.807, 2.05) is 0 Å². The predicted octanol–water partition coefficient (Wildman–Crippen LogP) is 3.33. The first-order valence-electron chi connectivity index (χ1n) is 7.63. The zero-order valence-electron chi connectivity index (χ0n) is 12.8. The van der Waals surface area contributed by atoms with Crippen molar-refractivity contribution in [2.75, 3.05) is 18.2 Å². The SMILES string of the molecule is CCC(C)Nc1nc(C2CCCCC2)nc(OC)c1N. The number of nitrogen functional groups attached to an aromatic ring is 1.